The van der Waals surface area contributed by atoms with Crippen molar-refractivity contribution in [2.45, 2.75) is 17.3 Å². The van der Waals surface area contributed by atoms with Gasteiger partial charge in [0.1, 0.15) is 0 Å². The van der Waals surface area contributed by atoms with Gasteiger partial charge in [-0.2, -0.15) is 0 Å². The Hall–Kier alpha value is -2.03. The molecule has 0 unspecified atom stereocenters. The number of thiazole rings is 1. The van der Waals surface area contributed by atoms with Crippen LogP contribution in [0.15, 0.2) is 51.6 Å². The molecule has 0 atom stereocenters. The number of pyridine rings is 1. The van der Waals surface area contributed by atoms with Crippen LogP contribution in [-0.4, -0.2) is 27.4 Å². The van der Waals surface area contributed by atoms with E-state index in [4.69, 9.17) is 0 Å². The van der Waals surface area contributed by atoms with E-state index in [1.165, 1.54) is 34.4 Å². The molecule has 3 aromatic rings. The molecule has 0 aliphatic heterocycles. The Balaban J connectivity index is 1.45. The summed E-state index contributed by atoms with van der Waals surface area (Å²) < 4.78 is 0.803. The molecule has 8 heteroatoms. The van der Waals surface area contributed by atoms with Gasteiger partial charge in [0, 0.05) is 11.6 Å². The van der Waals surface area contributed by atoms with Crippen molar-refractivity contribution < 1.29 is 9.59 Å². The normalized spacial score (nSPS) is 10.6. The summed E-state index contributed by atoms with van der Waals surface area (Å²) in [5, 5.41) is 6.58. The maximum atomic E-state index is 12.0. The molecule has 3 aromatic heterocycles. The third kappa shape index (κ3) is 5.48. The van der Waals surface area contributed by atoms with Gasteiger partial charge < -0.3 is 5.32 Å². The van der Waals surface area contributed by atoms with Crippen molar-refractivity contribution in [2.24, 2.45) is 0 Å². The lowest BCUT2D eigenvalue weighted by atomic mass is 10.3. The fourth-order valence-corrected chi connectivity index (χ4v) is 4.47. The van der Waals surface area contributed by atoms with Gasteiger partial charge in [0.2, 0.25) is 5.91 Å². The Kier molecular flexibility index (Phi) is 6.32. The lowest BCUT2D eigenvalue weighted by Gasteiger charge is -2.03. The number of Topliss-reactive ketones (excluding diaryl/α,β-unsaturated/α-hetero) is 1. The number of hydrogen-bond donors (Lipinski definition) is 1. The molecule has 1 N–H and O–H groups in total. The zero-order chi connectivity index (χ0) is 17.5. The number of aromatic nitrogens is 2. The first-order valence-corrected chi connectivity index (χ1v) is 10.3. The molecule has 128 valence electrons. The number of carbonyl (C=O) groups excluding carboxylic acids is 2. The fraction of sp³-hybridized carbons (Fsp3) is 0.176. The van der Waals surface area contributed by atoms with Crippen LogP contribution in [0.3, 0.4) is 0 Å². The predicted molar refractivity (Wildman–Crippen MR) is 101 cm³/mol. The zero-order valence-electron chi connectivity index (χ0n) is 13.2. The first kappa shape index (κ1) is 17.8. The Labute approximate surface area is 157 Å². The molecule has 0 aliphatic carbocycles. The average Bonchev–Trinajstić information content (AvgIpc) is 3.31. The molecule has 3 heterocycles. The topological polar surface area (TPSA) is 72.0 Å². The second-order valence-corrected chi connectivity index (χ2v) is 8.10. The van der Waals surface area contributed by atoms with E-state index in [-0.39, 0.29) is 18.1 Å². The lowest BCUT2D eigenvalue weighted by Crippen LogP contribution is -2.25. The lowest BCUT2D eigenvalue weighted by molar-refractivity contribution is -0.120. The minimum Gasteiger partial charge on any atom is -0.350 e. The molecule has 0 saturated carbocycles. The van der Waals surface area contributed by atoms with Crippen LogP contribution in [0.5, 0.6) is 0 Å². The van der Waals surface area contributed by atoms with Crippen LogP contribution >= 0.6 is 34.4 Å². The number of carbonyl (C=O) groups is 2. The van der Waals surface area contributed by atoms with Crippen LogP contribution in [0.1, 0.15) is 21.1 Å². The molecule has 0 aliphatic rings. The van der Waals surface area contributed by atoms with E-state index in [0.29, 0.717) is 12.3 Å². The summed E-state index contributed by atoms with van der Waals surface area (Å²) in [4.78, 5) is 33.3. The van der Waals surface area contributed by atoms with Gasteiger partial charge in [0.25, 0.3) is 0 Å². The van der Waals surface area contributed by atoms with E-state index in [1.54, 1.807) is 6.20 Å². The molecule has 0 bridgehead atoms. The first-order valence-electron chi connectivity index (χ1n) is 7.51. The number of nitrogens with one attached hydrogen (secondary N) is 1. The second kappa shape index (κ2) is 8.89. The van der Waals surface area contributed by atoms with Gasteiger partial charge in [0.15, 0.2) is 10.1 Å². The van der Waals surface area contributed by atoms with E-state index in [2.05, 4.69) is 15.3 Å². The molecule has 0 aromatic carbocycles. The maximum Gasteiger partial charge on any atom is 0.226 e. The Morgan fingerprint density at radius 3 is 2.80 bits per heavy atom. The molecular weight excluding hydrogens is 374 g/mol. The van der Waals surface area contributed by atoms with Gasteiger partial charge in [-0.25, -0.2) is 4.98 Å². The van der Waals surface area contributed by atoms with Crippen molar-refractivity contribution >= 4 is 46.1 Å². The van der Waals surface area contributed by atoms with E-state index in [0.717, 1.165) is 20.6 Å². The fourth-order valence-electron chi connectivity index (χ4n) is 1.99. The second-order valence-electron chi connectivity index (χ2n) is 5.07. The smallest absolute Gasteiger partial charge is 0.226 e. The van der Waals surface area contributed by atoms with Gasteiger partial charge in [0.05, 0.1) is 35.0 Å². The predicted octanol–water partition coefficient (Wildman–Crippen LogP) is 3.43. The van der Waals surface area contributed by atoms with Gasteiger partial charge in [-0.05, 0) is 23.6 Å². The number of amides is 1. The quantitative estimate of drug-likeness (QED) is 0.472. The van der Waals surface area contributed by atoms with Crippen molar-refractivity contribution in [1.29, 1.82) is 0 Å². The van der Waals surface area contributed by atoms with Gasteiger partial charge in [-0.1, -0.05) is 23.9 Å². The molecule has 3 rings (SSSR count). The van der Waals surface area contributed by atoms with Gasteiger partial charge in [-0.3, -0.25) is 14.6 Å². The highest BCUT2D eigenvalue weighted by Gasteiger charge is 2.11. The van der Waals surface area contributed by atoms with Crippen molar-refractivity contribution in [3.05, 3.63) is 63.6 Å². The highest BCUT2D eigenvalue weighted by Crippen LogP contribution is 2.24. The molecular formula is C17H15N3O2S3. The van der Waals surface area contributed by atoms with Crippen molar-refractivity contribution in [3.8, 4) is 0 Å². The average molecular weight is 390 g/mol. The van der Waals surface area contributed by atoms with Crippen LogP contribution in [0.4, 0.5) is 0 Å². The van der Waals surface area contributed by atoms with Crippen molar-refractivity contribution in [2.75, 3.05) is 5.75 Å². The third-order valence-electron chi connectivity index (χ3n) is 3.19. The SMILES string of the molecule is O=C(Cc1csc(SCC(=O)c2cccs2)n1)NCc1ccccn1. The molecule has 1 amide bonds. The monoisotopic (exact) mass is 389 g/mol. The summed E-state index contributed by atoms with van der Waals surface area (Å²) in [7, 11) is 0. The Morgan fingerprint density at radius 2 is 2.04 bits per heavy atom. The van der Waals surface area contributed by atoms with E-state index in [1.807, 2.05) is 41.1 Å². The molecule has 5 nitrogen and oxygen atoms in total. The summed E-state index contributed by atoms with van der Waals surface area (Å²) in [6.45, 7) is 0.404. The number of thioether (sulfide) groups is 1. The van der Waals surface area contributed by atoms with E-state index in [9.17, 15) is 9.59 Å². The number of ketones is 1. The maximum absolute atomic E-state index is 12.0. The number of thiophene rings is 1. The van der Waals surface area contributed by atoms with E-state index >= 15 is 0 Å². The van der Waals surface area contributed by atoms with Gasteiger partial charge in [-0.15, -0.1) is 22.7 Å². The number of hydrogen-bond acceptors (Lipinski definition) is 7. The van der Waals surface area contributed by atoms with Crippen molar-refractivity contribution in [3.63, 3.8) is 0 Å². The zero-order valence-corrected chi connectivity index (χ0v) is 15.6. The number of rotatable bonds is 8. The summed E-state index contributed by atoms with van der Waals surface area (Å²) in [6.07, 6.45) is 1.92. The van der Waals surface area contributed by atoms with Crippen LogP contribution in [0.2, 0.25) is 0 Å². The first-order chi connectivity index (χ1) is 12.2. The number of nitrogens with zero attached hydrogens (tertiary/aromatic N) is 2. The van der Waals surface area contributed by atoms with E-state index < -0.39 is 0 Å². The van der Waals surface area contributed by atoms with Crippen LogP contribution in [0, 0.1) is 0 Å². The minimum absolute atomic E-state index is 0.0952. The Bertz CT molecular complexity index is 832. The van der Waals surface area contributed by atoms with Crippen LogP contribution in [-0.2, 0) is 17.8 Å². The minimum atomic E-state index is -0.0952. The van der Waals surface area contributed by atoms with Crippen LogP contribution in [0.25, 0.3) is 0 Å². The largest absolute Gasteiger partial charge is 0.350 e. The molecule has 25 heavy (non-hydrogen) atoms. The van der Waals surface area contributed by atoms with Crippen LogP contribution < -0.4 is 5.32 Å². The summed E-state index contributed by atoms with van der Waals surface area (Å²) in [6, 6.07) is 9.28. The molecule has 0 fully saturated rings. The molecule has 0 saturated heterocycles. The highest BCUT2D eigenvalue weighted by molar-refractivity contribution is 8.01. The standard InChI is InChI=1S/C17H15N3O2S3/c21-14(15-5-3-7-23-15)11-25-17-20-13(10-24-17)8-16(22)19-9-12-4-1-2-6-18-12/h1-7,10H,8-9,11H2,(H,19,22). The van der Waals surface area contributed by atoms with Gasteiger partial charge >= 0.3 is 0 Å². The Morgan fingerprint density at radius 1 is 1.12 bits per heavy atom. The third-order valence-corrected chi connectivity index (χ3v) is 6.17. The highest BCUT2D eigenvalue weighted by atomic mass is 32.2. The molecule has 0 radical (unpaired) electrons. The summed E-state index contributed by atoms with van der Waals surface area (Å²) >= 11 is 4.31. The molecule has 0 spiro atoms. The summed E-state index contributed by atoms with van der Waals surface area (Å²) in [5.74, 6) is 0.367. The van der Waals surface area contributed by atoms with Crippen molar-refractivity contribution in [1.82, 2.24) is 15.3 Å². The summed E-state index contributed by atoms with van der Waals surface area (Å²) in [5.41, 5.74) is 1.53.